The van der Waals surface area contributed by atoms with E-state index in [-0.39, 0.29) is 5.41 Å². The molecule has 1 fully saturated rings. The average molecular weight is 312 g/mol. The van der Waals surface area contributed by atoms with E-state index in [1.807, 2.05) is 0 Å². The lowest BCUT2D eigenvalue weighted by Crippen LogP contribution is -2.17. The second-order valence-corrected chi connectivity index (χ2v) is 6.23. The van der Waals surface area contributed by atoms with Gasteiger partial charge in [-0.1, -0.05) is 0 Å². The molecule has 2 aliphatic rings. The van der Waals surface area contributed by atoms with Crippen LogP contribution in [0.3, 0.4) is 0 Å². The van der Waals surface area contributed by atoms with Gasteiger partial charge in [0, 0.05) is 5.41 Å². The van der Waals surface area contributed by atoms with E-state index in [2.05, 4.69) is 28.1 Å². The quantitative estimate of drug-likeness (QED) is 0.933. The standard InChI is InChI=1S/C14H18BrNO2/c15-11-6-10(2-1-5-16)7-12-13(11)18-9-14(3-4-14)8-17-12/h6-7H,1-5,8-9,16H2. The van der Waals surface area contributed by atoms with E-state index in [0.717, 1.165) is 48.6 Å². The Labute approximate surface area is 116 Å². The van der Waals surface area contributed by atoms with Crippen LogP contribution < -0.4 is 15.2 Å². The number of hydrogen-bond donors (Lipinski definition) is 1. The zero-order chi connectivity index (χ0) is 12.6. The lowest BCUT2D eigenvalue weighted by Gasteiger charge is -2.11. The average Bonchev–Trinajstić information content (AvgIpc) is 3.15. The first kappa shape index (κ1) is 12.3. The molecule has 1 spiro atoms. The summed E-state index contributed by atoms with van der Waals surface area (Å²) in [5.41, 5.74) is 7.09. The Hall–Kier alpha value is -0.740. The molecule has 18 heavy (non-hydrogen) atoms. The maximum absolute atomic E-state index is 5.94. The lowest BCUT2D eigenvalue weighted by molar-refractivity contribution is 0.196. The summed E-state index contributed by atoms with van der Waals surface area (Å²) in [6.07, 6.45) is 4.42. The molecule has 0 radical (unpaired) electrons. The number of fused-ring (bicyclic) bond motifs is 1. The molecule has 0 amide bonds. The van der Waals surface area contributed by atoms with Crippen LogP contribution >= 0.6 is 15.9 Å². The van der Waals surface area contributed by atoms with Crippen molar-refractivity contribution in [3.05, 3.63) is 22.2 Å². The van der Waals surface area contributed by atoms with Gasteiger partial charge >= 0.3 is 0 Å². The van der Waals surface area contributed by atoms with Crippen LogP contribution in [0.1, 0.15) is 24.8 Å². The van der Waals surface area contributed by atoms with Crippen molar-refractivity contribution < 1.29 is 9.47 Å². The van der Waals surface area contributed by atoms with Crippen LogP contribution in [0.4, 0.5) is 0 Å². The molecule has 3 rings (SSSR count). The third-order valence-electron chi connectivity index (χ3n) is 3.75. The normalized spacial score (nSPS) is 19.7. The number of nitrogens with two attached hydrogens (primary N) is 1. The van der Waals surface area contributed by atoms with Crippen LogP contribution in [0.15, 0.2) is 16.6 Å². The van der Waals surface area contributed by atoms with E-state index in [9.17, 15) is 0 Å². The lowest BCUT2D eigenvalue weighted by atomic mass is 10.1. The highest BCUT2D eigenvalue weighted by atomic mass is 79.9. The van der Waals surface area contributed by atoms with Crippen molar-refractivity contribution >= 4 is 15.9 Å². The van der Waals surface area contributed by atoms with Gasteiger partial charge in [0.25, 0.3) is 0 Å². The maximum atomic E-state index is 5.94. The van der Waals surface area contributed by atoms with Crippen molar-refractivity contribution in [3.63, 3.8) is 0 Å². The Morgan fingerprint density at radius 1 is 1.22 bits per heavy atom. The Morgan fingerprint density at radius 2 is 2.00 bits per heavy atom. The fraction of sp³-hybridized carbons (Fsp3) is 0.571. The molecule has 0 atom stereocenters. The van der Waals surface area contributed by atoms with E-state index in [0.29, 0.717) is 0 Å². The molecule has 3 nitrogen and oxygen atoms in total. The summed E-state index contributed by atoms with van der Waals surface area (Å²) in [5, 5.41) is 0. The van der Waals surface area contributed by atoms with Gasteiger partial charge in [-0.15, -0.1) is 0 Å². The zero-order valence-electron chi connectivity index (χ0n) is 10.4. The largest absolute Gasteiger partial charge is 0.489 e. The fourth-order valence-corrected chi connectivity index (χ4v) is 2.89. The second kappa shape index (κ2) is 4.74. The van der Waals surface area contributed by atoms with Crippen LogP contribution in [-0.2, 0) is 6.42 Å². The van der Waals surface area contributed by atoms with Gasteiger partial charge in [0.05, 0.1) is 17.7 Å². The van der Waals surface area contributed by atoms with Crippen LogP contribution in [0.2, 0.25) is 0 Å². The number of rotatable bonds is 3. The second-order valence-electron chi connectivity index (χ2n) is 5.37. The van der Waals surface area contributed by atoms with Crippen LogP contribution in [-0.4, -0.2) is 19.8 Å². The molecule has 0 saturated heterocycles. The number of halogens is 1. The Balaban J connectivity index is 1.84. The molecule has 0 bridgehead atoms. The molecule has 1 aromatic carbocycles. The maximum Gasteiger partial charge on any atom is 0.175 e. The third-order valence-corrected chi connectivity index (χ3v) is 4.34. The fourth-order valence-electron chi connectivity index (χ4n) is 2.28. The molecular weight excluding hydrogens is 294 g/mol. The van der Waals surface area contributed by atoms with Crippen molar-refractivity contribution in [1.29, 1.82) is 0 Å². The van der Waals surface area contributed by atoms with E-state index >= 15 is 0 Å². The monoisotopic (exact) mass is 311 g/mol. The van der Waals surface area contributed by atoms with Gasteiger partial charge in [-0.25, -0.2) is 0 Å². The molecule has 1 aromatic rings. The molecule has 1 heterocycles. The van der Waals surface area contributed by atoms with E-state index in [1.54, 1.807) is 0 Å². The molecule has 1 aliphatic carbocycles. The summed E-state index contributed by atoms with van der Waals surface area (Å²) < 4.78 is 12.9. The van der Waals surface area contributed by atoms with E-state index in [4.69, 9.17) is 15.2 Å². The van der Waals surface area contributed by atoms with Gasteiger partial charge < -0.3 is 15.2 Å². The number of benzene rings is 1. The molecule has 1 aliphatic heterocycles. The van der Waals surface area contributed by atoms with Gasteiger partial charge in [-0.05, 0) is 65.9 Å². The number of ether oxygens (including phenoxy) is 2. The molecule has 0 unspecified atom stereocenters. The van der Waals surface area contributed by atoms with Crippen LogP contribution in [0, 0.1) is 5.41 Å². The van der Waals surface area contributed by atoms with Gasteiger partial charge in [0.15, 0.2) is 11.5 Å². The highest BCUT2D eigenvalue weighted by Crippen LogP contribution is 2.50. The Morgan fingerprint density at radius 3 is 2.72 bits per heavy atom. The highest BCUT2D eigenvalue weighted by Gasteiger charge is 2.46. The first-order valence-electron chi connectivity index (χ1n) is 6.51. The van der Waals surface area contributed by atoms with Crippen molar-refractivity contribution in [3.8, 4) is 11.5 Å². The van der Waals surface area contributed by atoms with Gasteiger partial charge in [0.2, 0.25) is 0 Å². The first-order chi connectivity index (χ1) is 8.72. The predicted molar refractivity (Wildman–Crippen MR) is 74.2 cm³/mol. The van der Waals surface area contributed by atoms with Gasteiger partial charge in [0.1, 0.15) is 0 Å². The topological polar surface area (TPSA) is 44.5 Å². The molecule has 4 heteroatoms. The molecule has 1 saturated carbocycles. The third kappa shape index (κ3) is 2.36. The molecule has 0 aromatic heterocycles. The predicted octanol–water partition coefficient (Wildman–Crippen LogP) is 2.89. The molecule has 2 N–H and O–H groups in total. The summed E-state index contributed by atoms with van der Waals surface area (Å²) in [4.78, 5) is 0. The summed E-state index contributed by atoms with van der Waals surface area (Å²) >= 11 is 3.58. The minimum absolute atomic E-state index is 0.288. The number of aryl methyl sites for hydroxylation is 1. The number of hydrogen-bond acceptors (Lipinski definition) is 3. The summed E-state index contributed by atoms with van der Waals surface area (Å²) in [7, 11) is 0. The Bertz CT molecular complexity index is 457. The smallest absolute Gasteiger partial charge is 0.175 e. The molecular formula is C14H18BrNO2. The van der Waals surface area contributed by atoms with Crippen molar-refractivity contribution in [2.24, 2.45) is 11.1 Å². The first-order valence-corrected chi connectivity index (χ1v) is 7.30. The van der Waals surface area contributed by atoms with E-state index in [1.165, 1.54) is 18.4 Å². The molecule has 98 valence electrons. The van der Waals surface area contributed by atoms with Crippen molar-refractivity contribution in [2.75, 3.05) is 19.8 Å². The van der Waals surface area contributed by atoms with Gasteiger partial charge in [-0.3, -0.25) is 0 Å². The highest BCUT2D eigenvalue weighted by molar-refractivity contribution is 9.10. The van der Waals surface area contributed by atoms with Gasteiger partial charge in [-0.2, -0.15) is 0 Å². The van der Waals surface area contributed by atoms with Crippen molar-refractivity contribution in [1.82, 2.24) is 0 Å². The minimum atomic E-state index is 0.288. The van der Waals surface area contributed by atoms with E-state index < -0.39 is 0 Å². The van der Waals surface area contributed by atoms with Crippen LogP contribution in [0.5, 0.6) is 11.5 Å². The summed E-state index contributed by atoms with van der Waals surface area (Å²) in [6, 6.07) is 4.21. The summed E-state index contributed by atoms with van der Waals surface area (Å²) in [5.74, 6) is 1.73. The Kier molecular flexibility index (Phi) is 3.24. The van der Waals surface area contributed by atoms with Crippen molar-refractivity contribution in [2.45, 2.75) is 25.7 Å². The zero-order valence-corrected chi connectivity index (χ0v) is 12.0. The SMILES string of the molecule is NCCCc1cc(Br)c2c(c1)OCC1(CC1)CO2. The summed E-state index contributed by atoms with van der Waals surface area (Å²) in [6.45, 7) is 2.28. The van der Waals surface area contributed by atoms with Crippen LogP contribution in [0.25, 0.3) is 0 Å². The minimum Gasteiger partial charge on any atom is -0.489 e.